The molecule has 0 aliphatic carbocycles. The highest BCUT2D eigenvalue weighted by atomic mass is 35.5. The van der Waals surface area contributed by atoms with Crippen LogP contribution in [0, 0.1) is 6.92 Å². The molecule has 2 aromatic heterocycles. The molecule has 0 saturated carbocycles. The highest BCUT2D eigenvalue weighted by molar-refractivity contribution is 6.32. The molecule has 0 bridgehead atoms. The van der Waals surface area contributed by atoms with Crippen LogP contribution in [0.25, 0.3) is 11.3 Å². The topological polar surface area (TPSA) is 60.3 Å². The second-order valence-electron chi connectivity index (χ2n) is 5.77. The normalized spacial score (nSPS) is 18.3. The van der Waals surface area contributed by atoms with E-state index in [1.165, 1.54) is 0 Å². The molecule has 1 unspecified atom stereocenters. The monoisotopic (exact) mass is 334 g/mol. The third-order valence-electron chi connectivity index (χ3n) is 4.16. The number of hydrogen-bond acceptors (Lipinski definition) is 5. The van der Waals surface area contributed by atoms with Gasteiger partial charge < -0.3 is 9.64 Å². The average molecular weight is 335 g/mol. The van der Waals surface area contributed by atoms with Crippen molar-refractivity contribution in [2.75, 3.05) is 24.7 Å². The molecule has 0 radical (unpaired) electrons. The summed E-state index contributed by atoms with van der Waals surface area (Å²) in [4.78, 5) is 18.1. The third-order valence-corrected chi connectivity index (χ3v) is 4.44. The molecule has 6 nitrogen and oxygen atoms in total. The Kier molecular flexibility index (Phi) is 4.37. The van der Waals surface area contributed by atoms with Crippen molar-refractivity contribution in [1.82, 2.24) is 14.8 Å². The maximum absolute atomic E-state index is 11.5. The van der Waals surface area contributed by atoms with E-state index >= 15 is 0 Å². The van der Waals surface area contributed by atoms with Crippen molar-refractivity contribution >= 4 is 23.7 Å². The van der Waals surface area contributed by atoms with Crippen molar-refractivity contribution in [2.24, 2.45) is 7.05 Å². The molecule has 0 N–H and O–H groups in total. The summed E-state index contributed by atoms with van der Waals surface area (Å²) in [6.45, 7) is 6.09. The number of pyridine rings is 1. The summed E-state index contributed by atoms with van der Waals surface area (Å²) in [6, 6.07) is 2.12. The maximum Gasteiger partial charge on any atom is 0.153 e. The first-order valence-electron chi connectivity index (χ1n) is 7.52. The Labute approximate surface area is 140 Å². The smallest absolute Gasteiger partial charge is 0.153 e. The number of hydrogen-bond donors (Lipinski definition) is 0. The molecule has 0 aromatic carbocycles. The van der Waals surface area contributed by atoms with Gasteiger partial charge in [0, 0.05) is 19.2 Å². The summed E-state index contributed by atoms with van der Waals surface area (Å²) in [5, 5.41) is 4.47. The molecule has 23 heavy (non-hydrogen) atoms. The Bertz CT molecular complexity index is 724. The summed E-state index contributed by atoms with van der Waals surface area (Å²) in [5.74, 6) is 0.756. The molecule has 7 heteroatoms. The SMILES string of the molecule is Cc1cnn(C)c1-c1cc(N2CCOCC2C)nc(Cl)c1C=O. The van der Waals surface area contributed by atoms with E-state index in [2.05, 4.69) is 21.9 Å². The molecule has 1 aliphatic heterocycles. The highest BCUT2D eigenvalue weighted by Gasteiger charge is 2.24. The first kappa shape index (κ1) is 16.0. The summed E-state index contributed by atoms with van der Waals surface area (Å²) >= 11 is 6.29. The van der Waals surface area contributed by atoms with Crippen molar-refractivity contribution in [3.63, 3.8) is 0 Å². The van der Waals surface area contributed by atoms with E-state index in [0.29, 0.717) is 18.8 Å². The van der Waals surface area contributed by atoms with Crippen molar-refractivity contribution in [3.8, 4) is 11.3 Å². The first-order valence-corrected chi connectivity index (χ1v) is 7.89. The maximum atomic E-state index is 11.5. The van der Waals surface area contributed by atoms with Gasteiger partial charge in [0.15, 0.2) is 6.29 Å². The Morgan fingerprint density at radius 3 is 2.87 bits per heavy atom. The van der Waals surface area contributed by atoms with Crippen LogP contribution in [0.1, 0.15) is 22.8 Å². The number of aldehydes is 1. The molecular weight excluding hydrogens is 316 g/mol. The molecule has 1 aliphatic rings. The fourth-order valence-electron chi connectivity index (χ4n) is 2.97. The van der Waals surface area contributed by atoms with Gasteiger partial charge >= 0.3 is 0 Å². The Hall–Kier alpha value is -1.92. The number of aryl methyl sites for hydroxylation is 2. The molecule has 1 atom stereocenters. The van der Waals surface area contributed by atoms with E-state index in [9.17, 15) is 4.79 Å². The van der Waals surface area contributed by atoms with Gasteiger partial charge in [-0.05, 0) is 25.5 Å². The van der Waals surface area contributed by atoms with Crippen LogP contribution in [0.3, 0.4) is 0 Å². The van der Waals surface area contributed by atoms with Gasteiger partial charge in [-0.2, -0.15) is 5.10 Å². The average Bonchev–Trinajstić information content (AvgIpc) is 2.86. The zero-order chi connectivity index (χ0) is 16.6. The van der Waals surface area contributed by atoms with Gasteiger partial charge in [-0.15, -0.1) is 0 Å². The minimum absolute atomic E-state index is 0.204. The molecule has 1 fully saturated rings. The van der Waals surface area contributed by atoms with Crippen LogP contribution < -0.4 is 4.90 Å². The lowest BCUT2D eigenvalue weighted by molar-refractivity contribution is 0.0985. The molecular formula is C16H19ClN4O2. The van der Waals surface area contributed by atoms with Crippen LogP contribution in [0.15, 0.2) is 12.3 Å². The minimum Gasteiger partial charge on any atom is -0.377 e. The van der Waals surface area contributed by atoms with Crippen molar-refractivity contribution in [3.05, 3.63) is 28.5 Å². The lowest BCUT2D eigenvalue weighted by Gasteiger charge is -2.34. The predicted octanol–water partition coefficient (Wildman–Crippen LogP) is 2.48. The van der Waals surface area contributed by atoms with Crippen LogP contribution in [0.5, 0.6) is 0 Å². The van der Waals surface area contributed by atoms with Crippen LogP contribution >= 0.6 is 11.6 Å². The number of carbonyl (C=O) groups is 1. The van der Waals surface area contributed by atoms with Crippen molar-refractivity contribution in [1.29, 1.82) is 0 Å². The largest absolute Gasteiger partial charge is 0.377 e. The van der Waals surface area contributed by atoms with Gasteiger partial charge in [0.2, 0.25) is 0 Å². The Morgan fingerprint density at radius 1 is 1.48 bits per heavy atom. The molecule has 3 heterocycles. The second kappa shape index (κ2) is 6.29. The molecule has 0 amide bonds. The summed E-state index contributed by atoms with van der Waals surface area (Å²) in [5.41, 5.74) is 3.01. The van der Waals surface area contributed by atoms with Gasteiger partial charge in [-0.3, -0.25) is 9.48 Å². The number of halogens is 1. The lowest BCUT2D eigenvalue weighted by atomic mass is 10.0. The second-order valence-corrected chi connectivity index (χ2v) is 6.13. The Morgan fingerprint density at radius 2 is 2.26 bits per heavy atom. The van der Waals surface area contributed by atoms with Gasteiger partial charge in [-0.25, -0.2) is 4.98 Å². The summed E-state index contributed by atoms with van der Waals surface area (Å²) < 4.78 is 7.23. The summed E-state index contributed by atoms with van der Waals surface area (Å²) in [7, 11) is 1.85. The van der Waals surface area contributed by atoms with Gasteiger partial charge in [0.1, 0.15) is 11.0 Å². The van der Waals surface area contributed by atoms with Crippen LogP contribution in [-0.2, 0) is 11.8 Å². The van der Waals surface area contributed by atoms with E-state index in [4.69, 9.17) is 16.3 Å². The summed E-state index contributed by atoms with van der Waals surface area (Å²) in [6.07, 6.45) is 2.53. The number of carbonyl (C=O) groups excluding carboxylic acids is 1. The zero-order valence-corrected chi connectivity index (χ0v) is 14.2. The Balaban J connectivity index is 2.16. The zero-order valence-electron chi connectivity index (χ0n) is 13.4. The number of rotatable bonds is 3. The van der Waals surface area contributed by atoms with Crippen LogP contribution in [0.2, 0.25) is 5.15 Å². The van der Waals surface area contributed by atoms with E-state index in [0.717, 1.165) is 35.5 Å². The van der Waals surface area contributed by atoms with E-state index in [1.54, 1.807) is 10.9 Å². The lowest BCUT2D eigenvalue weighted by Crippen LogP contribution is -2.44. The highest BCUT2D eigenvalue weighted by Crippen LogP contribution is 2.33. The first-order chi connectivity index (χ1) is 11.0. The quantitative estimate of drug-likeness (QED) is 0.637. The molecule has 3 rings (SSSR count). The van der Waals surface area contributed by atoms with Crippen molar-refractivity contribution < 1.29 is 9.53 Å². The minimum atomic E-state index is 0.204. The van der Waals surface area contributed by atoms with Gasteiger partial charge in [-0.1, -0.05) is 11.6 Å². The number of anilines is 1. The fraction of sp³-hybridized carbons (Fsp3) is 0.438. The molecule has 122 valence electrons. The van der Waals surface area contributed by atoms with Crippen LogP contribution in [0.4, 0.5) is 5.82 Å². The van der Waals surface area contributed by atoms with Crippen LogP contribution in [-0.4, -0.2) is 46.9 Å². The number of aromatic nitrogens is 3. The number of nitrogens with zero attached hydrogens (tertiary/aromatic N) is 4. The molecule has 1 saturated heterocycles. The molecule has 2 aromatic rings. The van der Waals surface area contributed by atoms with E-state index in [-0.39, 0.29) is 11.2 Å². The predicted molar refractivity (Wildman–Crippen MR) is 89.2 cm³/mol. The number of ether oxygens (including phenoxy) is 1. The fourth-order valence-corrected chi connectivity index (χ4v) is 3.20. The number of morpholine rings is 1. The van der Waals surface area contributed by atoms with Gasteiger partial charge in [0.25, 0.3) is 0 Å². The molecule has 0 spiro atoms. The van der Waals surface area contributed by atoms with E-state index < -0.39 is 0 Å². The van der Waals surface area contributed by atoms with E-state index in [1.807, 2.05) is 20.0 Å². The third kappa shape index (κ3) is 2.84. The standard InChI is InChI=1S/C16H19ClN4O2/c1-10-7-18-20(3)15(10)12-6-14(19-16(17)13(12)8-22)21-4-5-23-9-11(21)2/h6-8,11H,4-5,9H2,1-3H3. The van der Waals surface area contributed by atoms with Crippen molar-refractivity contribution in [2.45, 2.75) is 19.9 Å². The van der Waals surface area contributed by atoms with Gasteiger partial charge in [0.05, 0.1) is 36.7 Å².